The normalized spacial score (nSPS) is 12.6. The molecule has 1 atom stereocenters. The van der Waals surface area contributed by atoms with E-state index in [1.807, 2.05) is 90.1 Å². The molecule has 232 valence electrons. The van der Waals surface area contributed by atoms with Crippen LogP contribution in [0.2, 0.25) is 0 Å². The van der Waals surface area contributed by atoms with Crippen molar-refractivity contribution in [1.82, 2.24) is 21.3 Å². The fraction of sp³-hybridized carbons (Fsp3) is 0.371. The fourth-order valence-electron chi connectivity index (χ4n) is 3.92. The standard InChI is InChI=1S/C35H48N4O4/c1-9-12-16-26(10-2)19-20-31(40)38-30(24-32(41)39-35(6,7)8)34(43)37-22-21-36-33(42)29(25(4)5)23-27(11-3)28-17-14-13-15-18-28/h9-18,23,30H,2-3,19-22,24H2,1,4-8H3,(H,36,42)(H,37,43)(H,38,40)(H,39,41)/b12-9-,26-16+,27-23+. The predicted octanol–water partition coefficient (Wildman–Crippen LogP) is 5.08. The molecule has 0 heterocycles. The molecule has 0 saturated carbocycles. The van der Waals surface area contributed by atoms with Gasteiger partial charge in [0, 0.05) is 30.6 Å². The molecule has 0 aliphatic rings. The van der Waals surface area contributed by atoms with E-state index in [0.717, 1.165) is 22.3 Å². The van der Waals surface area contributed by atoms with Crippen molar-refractivity contribution < 1.29 is 19.2 Å². The molecule has 4 amide bonds. The minimum Gasteiger partial charge on any atom is -0.353 e. The Bertz CT molecular complexity index is 1260. The van der Waals surface area contributed by atoms with Crippen LogP contribution in [0.15, 0.2) is 96.7 Å². The average Bonchev–Trinajstić information content (AvgIpc) is 2.94. The van der Waals surface area contributed by atoms with E-state index in [9.17, 15) is 19.2 Å². The first-order valence-electron chi connectivity index (χ1n) is 14.5. The second-order valence-electron chi connectivity index (χ2n) is 11.2. The molecule has 0 saturated heterocycles. The summed E-state index contributed by atoms with van der Waals surface area (Å²) in [7, 11) is 0. The van der Waals surface area contributed by atoms with Crippen molar-refractivity contribution in [1.29, 1.82) is 0 Å². The molecule has 8 heteroatoms. The van der Waals surface area contributed by atoms with E-state index >= 15 is 0 Å². The van der Waals surface area contributed by atoms with Gasteiger partial charge in [0.05, 0.1) is 6.42 Å². The zero-order valence-corrected chi connectivity index (χ0v) is 26.5. The molecule has 0 bridgehead atoms. The quantitative estimate of drug-likeness (QED) is 0.122. The molecule has 0 aliphatic heterocycles. The number of amides is 4. The first kappa shape index (κ1) is 36.6. The van der Waals surface area contributed by atoms with Crippen LogP contribution in [-0.4, -0.2) is 48.3 Å². The van der Waals surface area contributed by atoms with Crippen LogP contribution in [0.5, 0.6) is 0 Å². The van der Waals surface area contributed by atoms with E-state index in [1.54, 1.807) is 18.2 Å². The molecule has 1 aromatic rings. The minimum absolute atomic E-state index is 0.108. The van der Waals surface area contributed by atoms with Gasteiger partial charge in [0.1, 0.15) is 6.04 Å². The first-order valence-corrected chi connectivity index (χ1v) is 14.5. The lowest BCUT2D eigenvalue weighted by Gasteiger charge is -2.23. The summed E-state index contributed by atoms with van der Waals surface area (Å²) < 4.78 is 0. The Morgan fingerprint density at radius 3 is 2.12 bits per heavy atom. The van der Waals surface area contributed by atoms with E-state index in [2.05, 4.69) is 34.4 Å². The SMILES string of the molecule is C=C/C(=C\C=C/C)CCC(=O)NC(CC(=O)NC(C)(C)C)C(=O)NCCNC(=O)C(/C=C(\C=C)c1ccccc1)=C(C)C. The molecule has 4 N–H and O–H groups in total. The third-order valence-corrected chi connectivity index (χ3v) is 6.08. The predicted molar refractivity (Wildman–Crippen MR) is 176 cm³/mol. The van der Waals surface area contributed by atoms with Gasteiger partial charge in [0.15, 0.2) is 0 Å². The Hall–Kier alpha value is -4.46. The maximum absolute atomic E-state index is 13.1. The second kappa shape index (κ2) is 18.9. The van der Waals surface area contributed by atoms with Crippen molar-refractivity contribution in [3.63, 3.8) is 0 Å². The van der Waals surface area contributed by atoms with Crippen molar-refractivity contribution in [2.24, 2.45) is 0 Å². The summed E-state index contributed by atoms with van der Waals surface area (Å²) in [5.74, 6) is -1.53. The van der Waals surface area contributed by atoms with Crippen LogP contribution < -0.4 is 21.3 Å². The lowest BCUT2D eigenvalue weighted by molar-refractivity contribution is -0.132. The average molecular weight is 589 g/mol. The van der Waals surface area contributed by atoms with Gasteiger partial charge in [0.2, 0.25) is 17.7 Å². The molecule has 0 aromatic heterocycles. The largest absolute Gasteiger partial charge is 0.353 e. The van der Waals surface area contributed by atoms with Gasteiger partial charge < -0.3 is 21.3 Å². The number of benzene rings is 1. The Morgan fingerprint density at radius 1 is 0.907 bits per heavy atom. The third kappa shape index (κ3) is 14.8. The number of allylic oxidation sites excluding steroid dienone is 8. The molecular weight excluding hydrogens is 540 g/mol. The number of hydrogen-bond acceptors (Lipinski definition) is 4. The van der Waals surface area contributed by atoms with Gasteiger partial charge in [-0.15, -0.1) is 0 Å². The Balaban J connectivity index is 2.87. The smallest absolute Gasteiger partial charge is 0.251 e. The highest BCUT2D eigenvalue weighted by Crippen LogP contribution is 2.19. The highest BCUT2D eigenvalue weighted by atomic mass is 16.2. The lowest BCUT2D eigenvalue weighted by Crippen LogP contribution is -2.51. The first-order chi connectivity index (χ1) is 20.3. The monoisotopic (exact) mass is 588 g/mol. The van der Waals surface area contributed by atoms with E-state index in [0.29, 0.717) is 12.0 Å². The maximum Gasteiger partial charge on any atom is 0.251 e. The molecule has 0 radical (unpaired) electrons. The van der Waals surface area contributed by atoms with E-state index in [1.165, 1.54) is 0 Å². The Morgan fingerprint density at radius 2 is 1.56 bits per heavy atom. The fourth-order valence-corrected chi connectivity index (χ4v) is 3.92. The van der Waals surface area contributed by atoms with Gasteiger partial charge >= 0.3 is 0 Å². The zero-order valence-electron chi connectivity index (χ0n) is 26.5. The van der Waals surface area contributed by atoms with E-state index in [-0.39, 0.29) is 43.7 Å². The zero-order chi connectivity index (χ0) is 32.4. The summed E-state index contributed by atoms with van der Waals surface area (Å²) in [6, 6.07) is 8.57. The van der Waals surface area contributed by atoms with Gasteiger partial charge in [-0.25, -0.2) is 0 Å². The molecule has 43 heavy (non-hydrogen) atoms. The molecule has 0 aliphatic carbocycles. The third-order valence-electron chi connectivity index (χ3n) is 6.08. The Labute approximate surface area is 257 Å². The molecule has 1 unspecified atom stereocenters. The van der Waals surface area contributed by atoms with E-state index in [4.69, 9.17) is 0 Å². The minimum atomic E-state index is -1.07. The lowest BCUT2D eigenvalue weighted by atomic mass is 10.0. The summed E-state index contributed by atoms with van der Waals surface area (Å²) >= 11 is 0. The molecule has 0 spiro atoms. The van der Waals surface area contributed by atoms with Gasteiger partial charge in [-0.05, 0) is 70.7 Å². The van der Waals surface area contributed by atoms with Crippen LogP contribution in [0, 0.1) is 0 Å². The van der Waals surface area contributed by atoms with Crippen molar-refractivity contribution in [2.45, 2.75) is 72.4 Å². The summed E-state index contributed by atoms with van der Waals surface area (Å²) in [6.07, 6.45) is 11.1. The molecule has 8 nitrogen and oxygen atoms in total. The number of nitrogens with one attached hydrogen (secondary N) is 4. The van der Waals surface area contributed by atoms with Gasteiger partial charge in [-0.1, -0.05) is 79.4 Å². The number of rotatable bonds is 16. The molecule has 0 fully saturated rings. The summed E-state index contributed by atoms with van der Waals surface area (Å²) in [4.78, 5) is 51.4. The van der Waals surface area contributed by atoms with Crippen LogP contribution in [-0.2, 0) is 19.2 Å². The molecule has 1 aromatic carbocycles. The summed E-state index contributed by atoms with van der Waals surface area (Å²) in [6.45, 7) is 19.0. The van der Waals surface area contributed by atoms with Crippen LogP contribution in [0.1, 0.15) is 66.4 Å². The van der Waals surface area contributed by atoms with Crippen LogP contribution >= 0.6 is 0 Å². The summed E-state index contributed by atoms with van der Waals surface area (Å²) in [5.41, 5.74) is 3.46. The highest BCUT2D eigenvalue weighted by molar-refractivity contribution is 5.99. The molecule has 1 rings (SSSR count). The van der Waals surface area contributed by atoms with Gasteiger partial charge in [-0.3, -0.25) is 19.2 Å². The highest BCUT2D eigenvalue weighted by Gasteiger charge is 2.25. The summed E-state index contributed by atoms with van der Waals surface area (Å²) in [5, 5.41) is 11.1. The van der Waals surface area contributed by atoms with Crippen molar-refractivity contribution in [3.8, 4) is 0 Å². The van der Waals surface area contributed by atoms with E-state index < -0.39 is 17.5 Å². The van der Waals surface area contributed by atoms with Crippen molar-refractivity contribution >= 4 is 29.2 Å². The topological polar surface area (TPSA) is 116 Å². The number of carbonyl (C=O) groups is 4. The van der Waals surface area contributed by atoms with Crippen LogP contribution in [0.4, 0.5) is 0 Å². The van der Waals surface area contributed by atoms with Crippen LogP contribution in [0.3, 0.4) is 0 Å². The van der Waals surface area contributed by atoms with Crippen molar-refractivity contribution in [3.05, 3.63) is 102 Å². The Kier molecular flexibility index (Phi) is 16.0. The molecular formula is C35H48N4O4. The number of hydrogen-bond donors (Lipinski definition) is 4. The second-order valence-corrected chi connectivity index (χ2v) is 11.2. The number of carbonyl (C=O) groups excluding carboxylic acids is 4. The van der Waals surface area contributed by atoms with Crippen LogP contribution in [0.25, 0.3) is 5.57 Å². The van der Waals surface area contributed by atoms with Gasteiger partial charge in [0.25, 0.3) is 5.91 Å². The van der Waals surface area contributed by atoms with Crippen molar-refractivity contribution in [2.75, 3.05) is 13.1 Å². The maximum atomic E-state index is 13.1. The van der Waals surface area contributed by atoms with Gasteiger partial charge in [-0.2, -0.15) is 0 Å².